The van der Waals surface area contributed by atoms with E-state index in [0.29, 0.717) is 5.56 Å². The molecular formula is C22H16F2N4O3. The number of hydrogen-bond donors (Lipinski definition) is 2. The topological polar surface area (TPSA) is 93.1 Å². The second kappa shape index (κ2) is 8.31. The molecule has 0 radical (unpaired) electrons. The Morgan fingerprint density at radius 3 is 2.61 bits per heavy atom. The molecule has 2 N–H and O–H groups in total. The summed E-state index contributed by atoms with van der Waals surface area (Å²) in [7, 11) is 0. The summed E-state index contributed by atoms with van der Waals surface area (Å²) in [5, 5.41) is 8.90. The number of aromatic nitrogens is 2. The van der Waals surface area contributed by atoms with Crippen molar-refractivity contribution in [1.82, 2.24) is 15.1 Å². The minimum absolute atomic E-state index is 0.0171. The van der Waals surface area contributed by atoms with Gasteiger partial charge >= 0.3 is 0 Å². The van der Waals surface area contributed by atoms with E-state index in [0.717, 1.165) is 10.7 Å². The van der Waals surface area contributed by atoms with Crippen molar-refractivity contribution in [3.63, 3.8) is 0 Å². The van der Waals surface area contributed by atoms with Crippen LogP contribution in [0, 0.1) is 11.6 Å². The lowest BCUT2D eigenvalue weighted by Gasteiger charge is -2.24. The average Bonchev–Trinajstić information content (AvgIpc) is 2.76. The molecule has 2 heterocycles. The van der Waals surface area contributed by atoms with E-state index >= 15 is 0 Å². The Bertz CT molecular complexity index is 1250. The molecule has 9 heteroatoms. The van der Waals surface area contributed by atoms with Gasteiger partial charge in [-0.25, -0.2) is 8.78 Å². The van der Waals surface area contributed by atoms with Crippen LogP contribution in [0.5, 0.6) is 0 Å². The molecule has 4 rings (SSSR count). The summed E-state index contributed by atoms with van der Waals surface area (Å²) < 4.78 is 28.7. The number of carbonyl (C=O) groups excluding carboxylic acids is 2. The van der Waals surface area contributed by atoms with E-state index in [1.807, 2.05) is 0 Å². The number of halogens is 2. The molecular weight excluding hydrogens is 406 g/mol. The molecule has 0 saturated carbocycles. The average molecular weight is 422 g/mol. The summed E-state index contributed by atoms with van der Waals surface area (Å²) in [6.45, 7) is 0. The number of rotatable bonds is 4. The highest BCUT2D eigenvalue weighted by molar-refractivity contribution is 6.06. The third kappa shape index (κ3) is 4.25. The molecule has 0 saturated heterocycles. The van der Waals surface area contributed by atoms with E-state index < -0.39 is 29.0 Å². The highest BCUT2D eigenvalue weighted by atomic mass is 19.1. The molecule has 156 valence electrons. The Morgan fingerprint density at radius 2 is 1.87 bits per heavy atom. The van der Waals surface area contributed by atoms with Crippen LogP contribution in [0.25, 0.3) is 5.69 Å². The van der Waals surface area contributed by atoms with Gasteiger partial charge in [0.1, 0.15) is 11.6 Å². The quantitative estimate of drug-likeness (QED) is 0.676. The molecule has 0 fully saturated rings. The first-order chi connectivity index (χ1) is 14.9. The molecule has 1 aromatic heterocycles. The number of carbonyl (C=O) groups is 2. The summed E-state index contributed by atoms with van der Waals surface area (Å²) in [4.78, 5) is 36.8. The van der Waals surface area contributed by atoms with E-state index in [2.05, 4.69) is 15.7 Å². The number of amides is 2. The summed E-state index contributed by atoms with van der Waals surface area (Å²) in [6.07, 6.45) is 2.66. The van der Waals surface area contributed by atoms with Crippen LogP contribution in [0.3, 0.4) is 0 Å². The van der Waals surface area contributed by atoms with Gasteiger partial charge in [-0.05, 0) is 42.0 Å². The molecule has 7 nitrogen and oxygen atoms in total. The maximum atomic E-state index is 14.4. The maximum Gasteiger partial charge on any atom is 0.271 e. The smallest absolute Gasteiger partial charge is 0.271 e. The molecule has 1 aliphatic heterocycles. The van der Waals surface area contributed by atoms with Crippen molar-refractivity contribution in [2.24, 2.45) is 0 Å². The Kier molecular flexibility index (Phi) is 5.40. The fraction of sp³-hybridized carbons (Fsp3) is 0.0909. The molecule has 0 spiro atoms. The lowest BCUT2D eigenvalue weighted by atomic mass is 9.86. The predicted molar refractivity (Wildman–Crippen MR) is 108 cm³/mol. The SMILES string of the molecule is O=C1C[C@@H](c2ccc(F)cc2)C(C(=O)Nc2cc(-n3ncccc3=O)ccc2F)=CN1. The van der Waals surface area contributed by atoms with Crippen molar-refractivity contribution in [3.8, 4) is 5.69 Å². The van der Waals surface area contributed by atoms with E-state index in [-0.39, 0.29) is 29.3 Å². The minimum atomic E-state index is -0.708. The fourth-order valence-corrected chi connectivity index (χ4v) is 3.32. The summed E-state index contributed by atoms with van der Waals surface area (Å²) in [5.74, 6) is -2.71. The third-order valence-corrected chi connectivity index (χ3v) is 4.85. The van der Waals surface area contributed by atoms with Gasteiger partial charge in [-0.3, -0.25) is 14.4 Å². The monoisotopic (exact) mass is 422 g/mol. The van der Waals surface area contributed by atoms with Crippen LogP contribution in [0.15, 0.2) is 77.4 Å². The van der Waals surface area contributed by atoms with Crippen LogP contribution in [0.2, 0.25) is 0 Å². The van der Waals surface area contributed by atoms with E-state index in [1.54, 1.807) is 0 Å². The van der Waals surface area contributed by atoms with Gasteiger partial charge < -0.3 is 10.6 Å². The molecule has 0 aliphatic carbocycles. The van der Waals surface area contributed by atoms with E-state index in [1.165, 1.54) is 60.9 Å². The zero-order chi connectivity index (χ0) is 22.0. The van der Waals surface area contributed by atoms with Crippen LogP contribution < -0.4 is 16.2 Å². The first kappa shape index (κ1) is 20.1. The zero-order valence-corrected chi connectivity index (χ0v) is 16.0. The molecule has 3 aromatic rings. The Morgan fingerprint density at radius 1 is 1.10 bits per heavy atom. The second-order valence-corrected chi connectivity index (χ2v) is 6.87. The van der Waals surface area contributed by atoms with Gasteiger partial charge in [0.15, 0.2) is 0 Å². The third-order valence-electron chi connectivity index (χ3n) is 4.85. The van der Waals surface area contributed by atoms with Gasteiger partial charge in [0.05, 0.1) is 11.4 Å². The van der Waals surface area contributed by atoms with Crippen molar-refractivity contribution < 1.29 is 18.4 Å². The van der Waals surface area contributed by atoms with Crippen molar-refractivity contribution in [3.05, 3.63) is 100 Å². The van der Waals surface area contributed by atoms with Crippen LogP contribution in [0.1, 0.15) is 17.9 Å². The van der Waals surface area contributed by atoms with Crippen molar-refractivity contribution >= 4 is 17.5 Å². The fourth-order valence-electron chi connectivity index (χ4n) is 3.32. The predicted octanol–water partition coefficient (Wildman–Crippen LogP) is 2.64. The van der Waals surface area contributed by atoms with Crippen LogP contribution in [-0.2, 0) is 9.59 Å². The van der Waals surface area contributed by atoms with Crippen molar-refractivity contribution in [2.45, 2.75) is 12.3 Å². The van der Waals surface area contributed by atoms with Gasteiger partial charge in [-0.15, -0.1) is 0 Å². The first-order valence-corrected chi connectivity index (χ1v) is 9.33. The summed E-state index contributed by atoms with van der Waals surface area (Å²) >= 11 is 0. The number of hydrogen-bond acceptors (Lipinski definition) is 4. The molecule has 0 bridgehead atoms. The summed E-state index contributed by atoms with van der Waals surface area (Å²) in [6, 6.07) is 12.0. The second-order valence-electron chi connectivity index (χ2n) is 6.87. The lowest BCUT2D eigenvalue weighted by molar-refractivity contribution is -0.121. The highest BCUT2D eigenvalue weighted by Crippen LogP contribution is 2.31. The largest absolute Gasteiger partial charge is 0.332 e. The van der Waals surface area contributed by atoms with E-state index in [9.17, 15) is 23.2 Å². The van der Waals surface area contributed by atoms with Crippen LogP contribution in [0.4, 0.5) is 14.5 Å². The molecule has 2 aromatic carbocycles. The van der Waals surface area contributed by atoms with Crippen LogP contribution >= 0.6 is 0 Å². The highest BCUT2D eigenvalue weighted by Gasteiger charge is 2.29. The normalized spacial score (nSPS) is 15.7. The molecule has 31 heavy (non-hydrogen) atoms. The Hall–Kier alpha value is -4.14. The van der Waals surface area contributed by atoms with Gasteiger partial charge in [0, 0.05) is 36.4 Å². The number of nitrogens with zero attached hydrogens (tertiary/aromatic N) is 2. The Labute approximate surface area is 175 Å². The van der Waals surface area contributed by atoms with Gasteiger partial charge in [0.2, 0.25) is 5.91 Å². The maximum absolute atomic E-state index is 14.4. The minimum Gasteiger partial charge on any atom is -0.332 e. The number of nitrogens with one attached hydrogen (secondary N) is 2. The first-order valence-electron chi connectivity index (χ1n) is 9.33. The van der Waals surface area contributed by atoms with Gasteiger partial charge in [-0.1, -0.05) is 12.1 Å². The number of anilines is 1. The number of benzene rings is 2. The molecule has 0 unspecified atom stereocenters. The van der Waals surface area contributed by atoms with E-state index in [4.69, 9.17) is 0 Å². The molecule has 1 atom stereocenters. The Balaban J connectivity index is 1.64. The standard InChI is InChI=1S/C22H16F2N4O3/c23-14-5-3-13(4-6-14)16-11-20(29)25-12-17(16)22(31)27-19-10-15(7-8-18(19)24)28-21(30)2-1-9-26-28/h1-10,12,16H,11H2,(H,25,29)(H,27,31)/t16-/m0/s1. The molecule has 2 amide bonds. The lowest BCUT2D eigenvalue weighted by Crippen LogP contribution is -2.32. The van der Waals surface area contributed by atoms with Crippen LogP contribution in [-0.4, -0.2) is 21.6 Å². The van der Waals surface area contributed by atoms with Gasteiger partial charge in [0.25, 0.3) is 11.5 Å². The van der Waals surface area contributed by atoms with Crippen molar-refractivity contribution in [2.75, 3.05) is 5.32 Å². The summed E-state index contributed by atoms with van der Waals surface area (Å²) in [5.41, 5.74) is 0.456. The van der Waals surface area contributed by atoms with Gasteiger partial charge in [-0.2, -0.15) is 9.78 Å². The molecule has 1 aliphatic rings. The van der Waals surface area contributed by atoms with Crippen molar-refractivity contribution in [1.29, 1.82) is 0 Å². The zero-order valence-electron chi connectivity index (χ0n) is 16.0.